The maximum atomic E-state index is 12.1. The molecule has 2 aromatic carbocycles. The van der Waals surface area contributed by atoms with Gasteiger partial charge in [-0.3, -0.25) is 9.80 Å². The van der Waals surface area contributed by atoms with E-state index in [4.69, 9.17) is 16.7 Å². The SMILES string of the molecule is CCN(CC)CCN1CCN(Cc2cc(-c3ccc(-c4cccc(S(C)(=O)=O)c4)s3)n(-c3ccccc3Cl)n2)CC1. The maximum Gasteiger partial charge on any atom is 0.175 e. The number of nitrogens with zero attached hydrogens (tertiary/aromatic N) is 5. The number of hydrogen-bond donors (Lipinski definition) is 0. The predicted molar refractivity (Wildman–Crippen MR) is 170 cm³/mol. The first-order valence-corrected chi connectivity index (χ1v) is 17.3. The van der Waals surface area contributed by atoms with Crippen LogP contribution in [0.5, 0.6) is 0 Å². The van der Waals surface area contributed by atoms with Crippen molar-refractivity contribution in [3.63, 3.8) is 0 Å². The number of hydrogen-bond acceptors (Lipinski definition) is 7. The first-order valence-electron chi connectivity index (χ1n) is 14.2. The molecule has 0 N–H and O–H groups in total. The van der Waals surface area contributed by atoms with Gasteiger partial charge in [0.15, 0.2) is 9.84 Å². The Morgan fingerprint density at radius 2 is 1.61 bits per heavy atom. The Bertz CT molecular complexity index is 1570. The Balaban J connectivity index is 1.37. The third-order valence-corrected chi connectivity index (χ3v) is 10.3. The van der Waals surface area contributed by atoms with Crippen molar-refractivity contribution in [3.05, 3.63) is 77.4 Å². The van der Waals surface area contributed by atoms with Crippen molar-refractivity contribution in [2.75, 3.05) is 58.6 Å². The minimum Gasteiger partial charge on any atom is -0.303 e. The fourth-order valence-corrected chi connectivity index (χ4v) is 7.11. The lowest BCUT2D eigenvalue weighted by Gasteiger charge is -2.35. The zero-order valence-electron chi connectivity index (χ0n) is 24.0. The summed E-state index contributed by atoms with van der Waals surface area (Å²) in [5.74, 6) is 0. The van der Waals surface area contributed by atoms with E-state index in [0.29, 0.717) is 9.92 Å². The highest BCUT2D eigenvalue weighted by Crippen LogP contribution is 2.37. The second kappa shape index (κ2) is 13.2. The summed E-state index contributed by atoms with van der Waals surface area (Å²) in [6, 6.07) is 21.2. The van der Waals surface area contributed by atoms with Crippen molar-refractivity contribution in [1.82, 2.24) is 24.5 Å². The fourth-order valence-electron chi connectivity index (χ4n) is 5.22. The molecule has 7 nitrogen and oxygen atoms in total. The summed E-state index contributed by atoms with van der Waals surface area (Å²) >= 11 is 8.26. The highest BCUT2D eigenvalue weighted by Gasteiger charge is 2.21. The van der Waals surface area contributed by atoms with Crippen LogP contribution in [-0.4, -0.2) is 91.5 Å². The van der Waals surface area contributed by atoms with Gasteiger partial charge in [-0.25, -0.2) is 13.1 Å². The number of thiophene rings is 1. The topological polar surface area (TPSA) is 61.7 Å². The van der Waals surface area contributed by atoms with Gasteiger partial charge in [-0.05, 0) is 61.1 Å². The van der Waals surface area contributed by atoms with Gasteiger partial charge in [0.05, 0.1) is 31.9 Å². The van der Waals surface area contributed by atoms with Crippen LogP contribution in [0, 0.1) is 0 Å². The molecule has 0 saturated carbocycles. The monoisotopic (exact) mass is 611 g/mol. The van der Waals surface area contributed by atoms with Crippen molar-refractivity contribution in [3.8, 4) is 26.7 Å². The average molecular weight is 612 g/mol. The largest absolute Gasteiger partial charge is 0.303 e. The van der Waals surface area contributed by atoms with E-state index < -0.39 is 9.84 Å². The van der Waals surface area contributed by atoms with Crippen LogP contribution in [0.2, 0.25) is 5.02 Å². The van der Waals surface area contributed by atoms with E-state index in [1.165, 1.54) is 6.26 Å². The molecule has 0 bridgehead atoms. The Kier molecular flexibility index (Phi) is 9.63. The molecule has 0 spiro atoms. The van der Waals surface area contributed by atoms with E-state index in [1.54, 1.807) is 29.5 Å². The highest BCUT2D eigenvalue weighted by molar-refractivity contribution is 7.90. The molecule has 0 amide bonds. The molecule has 0 atom stereocenters. The summed E-state index contributed by atoms with van der Waals surface area (Å²) in [7, 11) is -3.28. The fraction of sp³-hybridized carbons (Fsp3) is 0.387. The molecule has 1 aliphatic rings. The summed E-state index contributed by atoms with van der Waals surface area (Å²) in [5, 5.41) is 5.68. The van der Waals surface area contributed by atoms with Crippen LogP contribution >= 0.6 is 22.9 Å². The van der Waals surface area contributed by atoms with Crippen LogP contribution in [0.25, 0.3) is 26.7 Å². The molecule has 0 unspecified atom stereocenters. The molecule has 10 heteroatoms. The Labute approximate surface area is 252 Å². The van der Waals surface area contributed by atoms with Crippen LogP contribution in [-0.2, 0) is 16.4 Å². The van der Waals surface area contributed by atoms with Crippen LogP contribution in [0.1, 0.15) is 19.5 Å². The summed E-state index contributed by atoms with van der Waals surface area (Å²) in [6.07, 6.45) is 1.24. The summed E-state index contributed by atoms with van der Waals surface area (Å²) in [5.41, 5.74) is 3.70. The third kappa shape index (κ3) is 7.28. The summed E-state index contributed by atoms with van der Waals surface area (Å²) < 4.78 is 26.2. The number of benzene rings is 2. The van der Waals surface area contributed by atoms with Crippen molar-refractivity contribution < 1.29 is 8.42 Å². The third-order valence-electron chi connectivity index (χ3n) is 7.72. The number of rotatable bonds is 11. The predicted octanol–water partition coefficient (Wildman–Crippen LogP) is 5.78. The molecule has 5 rings (SSSR count). The number of halogens is 1. The molecule has 0 aliphatic carbocycles. The lowest BCUT2D eigenvalue weighted by molar-refractivity contribution is 0.115. The molecule has 0 radical (unpaired) electrons. The molecular formula is C31H38ClN5O2S2. The molecule has 1 aliphatic heterocycles. The minimum absolute atomic E-state index is 0.321. The summed E-state index contributed by atoms with van der Waals surface area (Å²) in [6.45, 7) is 13.9. The van der Waals surface area contributed by atoms with E-state index in [0.717, 1.165) is 91.3 Å². The highest BCUT2D eigenvalue weighted by atomic mass is 35.5. The first kappa shape index (κ1) is 29.9. The first-order chi connectivity index (χ1) is 19.7. The molecule has 3 heterocycles. The Hall–Kier alpha value is -2.53. The van der Waals surface area contributed by atoms with Gasteiger partial charge in [0.25, 0.3) is 0 Å². The standard InChI is InChI=1S/C31H38ClN5O2S2/c1-4-34(5-2)15-16-35-17-19-36(20-18-35)23-25-22-29(37(33-25)28-12-7-6-11-27(28)32)31-14-13-30(40-31)24-9-8-10-26(21-24)41(3,38)39/h6-14,21-22H,4-5,15-20,23H2,1-3H3. The molecule has 4 aromatic rings. The number of aromatic nitrogens is 2. The molecule has 2 aromatic heterocycles. The van der Waals surface area contributed by atoms with Gasteiger partial charge in [-0.15, -0.1) is 11.3 Å². The Morgan fingerprint density at radius 1 is 0.902 bits per heavy atom. The minimum atomic E-state index is -3.28. The van der Waals surface area contributed by atoms with Crippen LogP contribution in [0.4, 0.5) is 0 Å². The van der Waals surface area contributed by atoms with Gasteiger partial charge in [-0.2, -0.15) is 5.10 Å². The van der Waals surface area contributed by atoms with Gasteiger partial charge in [-0.1, -0.05) is 49.7 Å². The summed E-state index contributed by atoms with van der Waals surface area (Å²) in [4.78, 5) is 9.89. The quantitative estimate of drug-likeness (QED) is 0.214. The average Bonchev–Trinajstić information content (AvgIpc) is 3.62. The van der Waals surface area contributed by atoms with E-state index in [2.05, 4.69) is 40.7 Å². The van der Waals surface area contributed by atoms with Gasteiger partial charge >= 0.3 is 0 Å². The number of likely N-dealkylation sites (N-methyl/N-ethyl adjacent to an activating group) is 1. The van der Waals surface area contributed by atoms with Gasteiger partial charge < -0.3 is 4.90 Å². The maximum absolute atomic E-state index is 12.1. The van der Waals surface area contributed by atoms with Gasteiger partial charge in [0.2, 0.25) is 0 Å². The van der Waals surface area contributed by atoms with E-state index >= 15 is 0 Å². The van der Waals surface area contributed by atoms with E-state index in [9.17, 15) is 8.42 Å². The Morgan fingerprint density at radius 3 is 2.32 bits per heavy atom. The normalized spacial score (nSPS) is 15.1. The molecular weight excluding hydrogens is 574 g/mol. The zero-order valence-corrected chi connectivity index (χ0v) is 26.4. The van der Waals surface area contributed by atoms with Crippen LogP contribution in [0.3, 0.4) is 0 Å². The lowest BCUT2D eigenvalue weighted by Crippen LogP contribution is -2.48. The molecule has 218 valence electrons. The van der Waals surface area contributed by atoms with Crippen LogP contribution < -0.4 is 0 Å². The van der Waals surface area contributed by atoms with Crippen LogP contribution in [0.15, 0.2) is 71.6 Å². The van der Waals surface area contributed by atoms with Crippen molar-refractivity contribution in [1.29, 1.82) is 0 Å². The van der Waals surface area contributed by atoms with Gasteiger partial charge in [0, 0.05) is 56.9 Å². The smallest absolute Gasteiger partial charge is 0.175 e. The second-order valence-electron chi connectivity index (χ2n) is 10.5. The molecule has 1 fully saturated rings. The number of para-hydroxylation sites is 1. The van der Waals surface area contributed by atoms with Crippen molar-refractivity contribution >= 4 is 32.8 Å². The van der Waals surface area contributed by atoms with E-state index in [-0.39, 0.29) is 0 Å². The lowest BCUT2D eigenvalue weighted by atomic mass is 10.2. The second-order valence-corrected chi connectivity index (χ2v) is 14.0. The van der Waals surface area contributed by atoms with Crippen molar-refractivity contribution in [2.24, 2.45) is 0 Å². The number of sulfone groups is 1. The zero-order chi connectivity index (χ0) is 29.0. The van der Waals surface area contributed by atoms with E-state index in [1.807, 2.05) is 41.1 Å². The number of piperazine rings is 1. The molecule has 1 saturated heterocycles. The van der Waals surface area contributed by atoms with Gasteiger partial charge in [0.1, 0.15) is 0 Å². The van der Waals surface area contributed by atoms with Crippen molar-refractivity contribution in [2.45, 2.75) is 25.3 Å². The molecule has 41 heavy (non-hydrogen) atoms.